The molecule has 0 N–H and O–H groups in total. The second-order valence-electron chi connectivity index (χ2n) is 7.49. The number of amides is 1. The average molecular weight is 367 g/mol. The van der Waals surface area contributed by atoms with Crippen molar-refractivity contribution in [3.63, 3.8) is 0 Å². The monoisotopic (exact) mass is 367 g/mol. The van der Waals surface area contributed by atoms with Gasteiger partial charge in [-0.1, -0.05) is 32.0 Å². The van der Waals surface area contributed by atoms with Crippen LogP contribution in [0, 0.1) is 6.92 Å². The van der Waals surface area contributed by atoms with Gasteiger partial charge in [0, 0.05) is 45.1 Å². The van der Waals surface area contributed by atoms with Crippen LogP contribution in [0.15, 0.2) is 42.7 Å². The Morgan fingerprint density at radius 2 is 1.96 bits per heavy atom. The highest BCUT2D eigenvalue weighted by molar-refractivity contribution is 5.78. The van der Waals surface area contributed by atoms with Gasteiger partial charge in [0.2, 0.25) is 0 Å². The lowest BCUT2D eigenvalue weighted by atomic mass is 10.0. The number of hydrogen-bond acceptors (Lipinski definition) is 4. The lowest BCUT2D eigenvalue weighted by Crippen LogP contribution is -2.49. The summed E-state index contributed by atoms with van der Waals surface area (Å²) in [5, 5.41) is 0. The van der Waals surface area contributed by atoms with Gasteiger partial charge in [0.15, 0.2) is 6.61 Å². The minimum Gasteiger partial charge on any atom is -0.483 e. The van der Waals surface area contributed by atoms with Gasteiger partial charge in [0.1, 0.15) is 5.75 Å². The van der Waals surface area contributed by atoms with Crippen LogP contribution in [0.25, 0.3) is 0 Å². The highest BCUT2D eigenvalue weighted by Crippen LogP contribution is 2.24. The maximum atomic E-state index is 12.5. The number of aromatic nitrogens is 1. The Bertz CT molecular complexity index is 753. The second-order valence-corrected chi connectivity index (χ2v) is 7.49. The van der Waals surface area contributed by atoms with E-state index in [0.717, 1.165) is 44.0 Å². The highest BCUT2D eigenvalue weighted by atomic mass is 16.5. The van der Waals surface area contributed by atoms with Crippen molar-refractivity contribution >= 4 is 5.91 Å². The highest BCUT2D eigenvalue weighted by Gasteiger charge is 2.21. The molecule has 0 spiro atoms. The fourth-order valence-electron chi connectivity index (χ4n) is 3.27. The topological polar surface area (TPSA) is 45.7 Å². The number of carbonyl (C=O) groups excluding carboxylic acids is 1. The Morgan fingerprint density at radius 3 is 2.63 bits per heavy atom. The van der Waals surface area contributed by atoms with Gasteiger partial charge in [-0.05, 0) is 41.7 Å². The maximum Gasteiger partial charge on any atom is 0.260 e. The number of pyridine rings is 1. The van der Waals surface area contributed by atoms with Gasteiger partial charge in [0.25, 0.3) is 5.91 Å². The Kier molecular flexibility index (Phi) is 6.45. The minimum atomic E-state index is 0.0605. The van der Waals surface area contributed by atoms with Gasteiger partial charge < -0.3 is 9.64 Å². The number of ether oxygens (including phenoxy) is 1. The molecule has 5 heteroatoms. The number of piperazine rings is 1. The van der Waals surface area contributed by atoms with E-state index in [1.807, 2.05) is 24.1 Å². The molecule has 27 heavy (non-hydrogen) atoms. The van der Waals surface area contributed by atoms with Crippen LogP contribution in [-0.2, 0) is 11.3 Å². The third kappa shape index (κ3) is 5.30. The molecular weight excluding hydrogens is 338 g/mol. The molecule has 5 nitrogen and oxygen atoms in total. The predicted molar refractivity (Wildman–Crippen MR) is 107 cm³/mol. The molecule has 0 saturated carbocycles. The summed E-state index contributed by atoms with van der Waals surface area (Å²) in [7, 11) is 0. The molecule has 2 aromatic rings. The van der Waals surface area contributed by atoms with Gasteiger partial charge in [-0.15, -0.1) is 0 Å². The fourth-order valence-corrected chi connectivity index (χ4v) is 3.27. The first-order chi connectivity index (χ1) is 13.0. The van der Waals surface area contributed by atoms with Crippen LogP contribution in [0.1, 0.15) is 36.5 Å². The van der Waals surface area contributed by atoms with Crippen LogP contribution < -0.4 is 4.74 Å². The summed E-state index contributed by atoms with van der Waals surface area (Å²) in [6.07, 6.45) is 3.69. The molecule has 1 aliphatic rings. The van der Waals surface area contributed by atoms with E-state index in [2.05, 4.69) is 48.0 Å². The molecule has 0 radical (unpaired) electrons. The molecule has 1 aromatic carbocycles. The van der Waals surface area contributed by atoms with Crippen LogP contribution in [0.2, 0.25) is 0 Å². The van der Waals surface area contributed by atoms with E-state index in [1.54, 1.807) is 6.20 Å². The van der Waals surface area contributed by atoms with Crippen LogP contribution in [0.4, 0.5) is 0 Å². The Labute approximate surface area is 162 Å². The van der Waals surface area contributed by atoms with Gasteiger partial charge in [-0.3, -0.25) is 14.7 Å². The van der Waals surface area contributed by atoms with Gasteiger partial charge in [-0.25, -0.2) is 0 Å². The van der Waals surface area contributed by atoms with Crippen LogP contribution >= 0.6 is 0 Å². The first-order valence-electron chi connectivity index (χ1n) is 9.65. The van der Waals surface area contributed by atoms with Crippen molar-refractivity contribution in [2.45, 2.75) is 33.2 Å². The van der Waals surface area contributed by atoms with Gasteiger partial charge in [0.05, 0.1) is 0 Å². The van der Waals surface area contributed by atoms with E-state index in [-0.39, 0.29) is 12.5 Å². The smallest absolute Gasteiger partial charge is 0.260 e. The van der Waals surface area contributed by atoms with E-state index in [0.29, 0.717) is 5.92 Å². The molecule has 0 unspecified atom stereocenters. The zero-order chi connectivity index (χ0) is 19.2. The van der Waals surface area contributed by atoms with Crippen molar-refractivity contribution < 1.29 is 9.53 Å². The summed E-state index contributed by atoms with van der Waals surface area (Å²) < 4.78 is 5.85. The predicted octanol–water partition coefficient (Wildman–Crippen LogP) is 3.24. The number of benzene rings is 1. The lowest BCUT2D eigenvalue weighted by Gasteiger charge is -2.34. The molecule has 1 aromatic heterocycles. The SMILES string of the molecule is Cc1ccc(C(C)C)cc1OCC(=O)N1CCN(Cc2cccnc2)CC1. The Hall–Kier alpha value is -2.40. The van der Waals surface area contributed by atoms with Crippen LogP contribution in [0.3, 0.4) is 0 Å². The van der Waals surface area contributed by atoms with E-state index in [4.69, 9.17) is 4.74 Å². The van der Waals surface area contributed by atoms with E-state index in [1.165, 1.54) is 11.1 Å². The van der Waals surface area contributed by atoms with Crippen molar-refractivity contribution in [3.8, 4) is 5.75 Å². The second kappa shape index (κ2) is 9.00. The molecule has 144 valence electrons. The molecule has 0 atom stereocenters. The standard InChI is InChI=1S/C22H29N3O2/c1-17(2)20-7-6-18(3)21(13-20)27-16-22(26)25-11-9-24(10-12-25)15-19-5-4-8-23-14-19/h4-8,13-14,17H,9-12,15-16H2,1-3H3. The largest absolute Gasteiger partial charge is 0.483 e. The summed E-state index contributed by atoms with van der Waals surface area (Å²) >= 11 is 0. The van der Waals surface area contributed by atoms with Gasteiger partial charge >= 0.3 is 0 Å². The molecule has 0 aliphatic carbocycles. The van der Waals surface area contributed by atoms with E-state index < -0.39 is 0 Å². The maximum absolute atomic E-state index is 12.5. The van der Waals surface area contributed by atoms with Crippen molar-refractivity contribution in [2.75, 3.05) is 32.8 Å². The molecular formula is C22H29N3O2. The lowest BCUT2D eigenvalue weighted by molar-refractivity contribution is -0.135. The van der Waals surface area contributed by atoms with Crippen molar-refractivity contribution in [1.29, 1.82) is 0 Å². The summed E-state index contributed by atoms with van der Waals surface area (Å²) in [5.41, 5.74) is 3.50. The molecule has 1 fully saturated rings. The number of carbonyl (C=O) groups is 1. The molecule has 3 rings (SSSR count). The molecule has 2 heterocycles. The number of aryl methyl sites for hydroxylation is 1. The summed E-state index contributed by atoms with van der Waals surface area (Å²) in [4.78, 5) is 21.0. The molecule has 0 bridgehead atoms. The van der Waals surface area contributed by atoms with E-state index in [9.17, 15) is 4.79 Å². The normalized spacial score (nSPS) is 15.2. The summed E-state index contributed by atoms with van der Waals surface area (Å²) in [6.45, 7) is 10.6. The Balaban J connectivity index is 1.48. The summed E-state index contributed by atoms with van der Waals surface area (Å²) in [5.74, 6) is 1.31. The number of rotatable bonds is 6. The molecule has 1 aliphatic heterocycles. The summed E-state index contributed by atoms with van der Waals surface area (Å²) in [6, 6.07) is 10.3. The van der Waals surface area contributed by atoms with E-state index >= 15 is 0 Å². The third-order valence-corrected chi connectivity index (χ3v) is 5.08. The Morgan fingerprint density at radius 1 is 1.19 bits per heavy atom. The van der Waals surface area contributed by atoms with Crippen molar-refractivity contribution in [2.24, 2.45) is 0 Å². The minimum absolute atomic E-state index is 0.0605. The molecule has 1 saturated heterocycles. The zero-order valence-electron chi connectivity index (χ0n) is 16.5. The van der Waals surface area contributed by atoms with Crippen molar-refractivity contribution in [3.05, 3.63) is 59.4 Å². The fraction of sp³-hybridized carbons (Fsp3) is 0.455. The first-order valence-corrected chi connectivity index (χ1v) is 9.65. The third-order valence-electron chi connectivity index (χ3n) is 5.08. The number of hydrogen-bond donors (Lipinski definition) is 0. The first kappa shape index (κ1) is 19.4. The van der Waals surface area contributed by atoms with Crippen LogP contribution in [0.5, 0.6) is 5.75 Å². The molecule has 1 amide bonds. The quantitative estimate of drug-likeness (QED) is 0.786. The van der Waals surface area contributed by atoms with Crippen molar-refractivity contribution in [1.82, 2.24) is 14.8 Å². The van der Waals surface area contributed by atoms with Crippen LogP contribution in [-0.4, -0.2) is 53.5 Å². The zero-order valence-corrected chi connectivity index (χ0v) is 16.5. The average Bonchev–Trinajstić information content (AvgIpc) is 2.68. The number of nitrogens with zero attached hydrogens (tertiary/aromatic N) is 3. The van der Waals surface area contributed by atoms with Gasteiger partial charge in [-0.2, -0.15) is 0 Å².